The molecule has 0 bridgehead atoms. The summed E-state index contributed by atoms with van der Waals surface area (Å²) in [5.41, 5.74) is 1.13. The molecule has 0 heterocycles. The van der Waals surface area contributed by atoms with Crippen molar-refractivity contribution in [2.24, 2.45) is 0 Å². The van der Waals surface area contributed by atoms with Gasteiger partial charge in [-0.2, -0.15) is 0 Å². The molecule has 0 amide bonds. The van der Waals surface area contributed by atoms with E-state index in [1.807, 2.05) is 38.1 Å². The first-order chi connectivity index (χ1) is 9.06. The molecule has 3 nitrogen and oxygen atoms in total. The summed E-state index contributed by atoms with van der Waals surface area (Å²) in [6, 6.07) is 7.52. The second kappa shape index (κ2) is 8.12. The van der Waals surface area contributed by atoms with Crippen molar-refractivity contribution < 1.29 is 14.1 Å². The van der Waals surface area contributed by atoms with Gasteiger partial charge in [0.05, 0.1) is 35.5 Å². The van der Waals surface area contributed by atoms with E-state index in [0.29, 0.717) is 0 Å². The number of hydrogen-bond donors (Lipinski definition) is 1. The van der Waals surface area contributed by atoms with Crippen molar-refractivity contribution in [2.75, 3.05) is 12.9 Å². The van der Waals surface area contributed by atoms with E-state index in [4.69, 9.17) is 4.74 Å². The smallest absolute Gasteiger partial charge is 0.0941 e. The van der Waals surface area contributed by atoms with Gasteiger partial charge in [0.1, 0.15) is 0 Å². The molecular weight excluding hydrogens is 260 g/mol. The summed E-state index contributed by atoms with van der Waals surface area (Å²) >= 11 is 0. The molecule has 1 N–H and O–H groups in total. The van der Waals surface area contributed by atoms with Crippen LogP contribution in [-0.2, 0) is 15.5 Å². The minimum absolute atomic E-state index is 0.194. The van der Waals surface area contributed by atoms with Crippen molar-refractivity contribution in [3.05, 3.63) is 41.7 Å². The van der Waals surface area contributed by atoms with Crippen LogP contribution in [0, 0.1) is 6.92 Å². The molecule has 1 unspecified atom stereocenters. The van der Waals surface area contributed by atoms with Gasteiger partial charge in [0.15, 0.2) is 0 Å². The molecule has 0 fully saturated rings. The third-order valence-corrected chi connectivity index (χ3v) is 4.19. The Bertz CT molecular complexity index is 437. The molecule has 0 spiro atoms. The Morgan fingerprint density at radius 1 is 1.42 bits per heavy atom. The first-order valence-electron chi connectivity index (χ1n) is 6.44. The monoisotopic (exact) mass is 282 g/mol. The zero-order valence-electron chi connectivity index (χ0n) is 11.8. The predicted molar refractivity (Wildman–Crippen MR) is 78.5 cm³/mol. The molecule has 2 atom stereocenters. The number of aliphatic hydroxyl groups excluding tert-OH is 1. The van der Waals surface area contributed by atoms with Crippen molar-refractivity contribution in [2.45, 2.75) is 37.7 Å². The van der Waals surface area contributed by atoms with Crippen molar-refractivity contribution >= 4 is 10.8 Å². The largest absolute Gasteiger partial charge is 0.501 e. The van der Waals surface area contributed by atoms with Gasteiger partial charge in [0, 0.05) is 11.3 Å². The van der Waals surface area contributed by atoms with Gasteiger partial charge in [-0.25, -0.2) is 0 Å². The van der Waals surface area contributed by atoms with Crippen LogP contribution in [0.2, 0.25) is 0 Å². The maximum Gasteiger partial charge on any atom is 0.0941 e. The molecule has 19 heavy (non-hydrogen) atoms. The highest BCUT2D eigenvalue weighted by atomic mass is 32.2. The predicted octanol–water partition coefficient (Wildman–Crippen LogP) is 2.79. The average Bonchev–Trinajstić information content (AvgIpc) is 2.38. The van der Waals surface area contributed by atoms with Crippen LogP contribution in [-0.4, -0.2) is 28.3 Å². The van der Waals surface area contributed by atoms with Crippen LogP contribution in [0.15, 0.2) is 41.0 Å². The van der Waals surface area contributed by atoms with Gasteiger partial charge in [0.25, 0.3) is 0 Å². The van der Waals surface area contributed by atoms with E-state index >= 15 is 0 Å². The van der Waals surface area contributed by atoms with Crippen LogP contribution in [0.3, 0.4) is 0 Å². The molecule has 0 aliphatic heterocycles. The fourth-order valence-corrected chi connectivity index (χ4v) is 2.74. The van der Waals surface area contributed by atoms with Gasteiger partial charge in [-0.05, 0) is 31.6 Å². The van der Waals surface area contributed by atoms with Gasteiger partial charge >= 0.3 is 0 Å². The van der Waals surface area contributed by atoms with Crippen LogP contribution in [0.4, 0.5) is 0 Å². The number of hydrogen-bond acceptors (Lipinski definition) is 3. The molecule has 106 valence electrons. The van der Waals surface area contributed by atoms with Crippen molar-refractivity contribution in [3.8, 4) is 0 Å². The van der Waals surface area contributed by atoms with Gasteiger partial charge in [0.2, 0.25) is 0 Å². The van der Waals surface area contributed by atoms with Crippen LogP contribution < -0.4 is 0 Å². The first kappa shape index (κ1) is 15.9. The first-order valence-corrected chi connectivity index (χ1v) is 7.76. The van der Waals surface area contributed by atoms with Gasteiger partial charge in [-0.3, -0.25) is 4.21 Å². The maximum absolute atomic E-state index is 12.1. The highest BCUT2D eigenvalue weighted by Crippen LogP contribution is 2.12. The zero-order valence-corrected chi connectivity index (χ0v) is 12.6. The third-order valence-electron chi connectivity index (χ3n) is 2.74. The molecule has 0 saturated heterocycles. The summed E-state index contributed by atoms with van der Waals surface area (Å²) in [6.45, 7) is 4.03. The number of ether oxygens (including phenoxy) is 1. The second-order valence-electron chi connectivity index (χ2n) is 4.48. The summed E-state index contributed by atoms with van der Waals surface area (Å²) < 4.78 is 17.2. The molecule has 1 rings (SSSR count). The summed E-state index contributed by atoms with van der Waals surface area (Å²) in [5, 5.41) is 9.91. The standard InChI is InChI=1S/C15H22O3S/c1-4-5-14(18-3)10-13(16)11-19(17)15-8-6-12(2)7-9-15/h6-10,13,16H,4-5,11H2,1-3H3/b14-10+/t13-,19?/m0/s1. The Kier molecular flexibility index (Phi) is 6.81. The molecule has 0 aliphatic carbocycles. The van der Waals surface area contributed by atoms with E-state index in [1.165, 1.54) is 0 Å². The molecular formula is C15H22O3S. The van der Waals surface area contributed by atoms with E-state index in [2.05, 4.69) is 0 Å². The topological polar surface area (TPSA) is 46.5 Å². The molecule has 4 heteroatoms. The summed E-state index contributed by atoms with van der Waals surface area (Å²) in [4.78, 5) is 0.743. The highest BCUT2D eigenvalue weighted by molar-refractivity contribution is 7.85. The van der Waals surface area contributed by atoms with Crippen LogP contribution in [0.25, 0.3) is 0 Å². The zero-order chi connectivity index (χ0) is 14.3. The second-order valence-corrected chi connectivity index (χ2v) is 5.98. The number of aryl methyl sites for hydroxylation is 1. The molecule has 0 aliphatic rings. The quantitative estimate of drug-likeness (QED) is 0.782. The summed E-state index contributed by atoms with van der Waals surface area (Å²) in [6.07, 6.45) is 2.64. The lowest BCUT2D eigenvalue weighted by Gasteiger charge is -2.10. The lowest BCUT2D eigenvalue weighted by Crippen LogP contribution is -2.15. The third kappa shape index (κ3) is 5.57. The van der Waals surface area contributed by atoms with Crippen LogP contribution in [0.5, 0.6) is 0 Å². The number of aliphatic hydroxyl groups is 1. The van der Waals surface area contributed by atoms with E-state index in [0.717, 1.165) is 29.1 Å². The lowest BCUT2D eigenvalue weighted by atomic mass is 10.2. The SMILES string of the molecule is CCC/C(=C\[C@H](O)CS(=O)c1ccc(C)cc1)OC. The van der Waals surface area contributed by atoms with Gasteiger partial charge in [-0.1, -0.05) is 24.6 Å². The number of allylic oxidation sites excluding steroid dienone is 1. The Morgan fingerprint density at radius 3 is 2.58 bits per heavy atom. The minimum Gasteiger partial charge on any atom is -0.501 e. The van der Waals surface area contributed by atoms with E-state index < -0.39 is 16.9 Å². The van der Waals surface area contributed by atoms with Crippen molar-refractivity contribution in [1.29, 1.82) is 0 Å². The van der Waals surface area contributed by atoms with Gasteiger partial charge in [-0.15, -0.1) is 0 Å². The molecule has 0 saturated carbocycles. The van der Waals surface area contributed by atoms with E-state index in [9.17, 15) is 9.32 Å². The Balaban J connectivity index is 2.63. The van der Waals surface area contributed by atoms with Crippen LogP contribution >= 0.6 is 0 Å². The average molecular weight is 282 g/mol. The fraction of sp³-hybridized carbons (Fsp3) is 0.467. The Morgan fingerprint density at radius 2 is 2.05 bits per heavy atom. The highest BCUT2D eigenvalue weighted by Gasteiger charge is 2.10. The number of rotatable bonds is 7. The van der Waals surface area contributed by atoms with Crippen molar-refractivity contribution in [3.63, 3.8) is 0 Å². The molecule has 1 aromatic rings. The normalized spacial score (nSPS) is 15.1. The molecule has 0 radical (unpaired) electrons. The summed E-state index contributed by atoms with van der Waals surface area (Å²) in [7, 11) is 0.394. The lowest BCUT2D eigenvalue weighted by molar-refractivity contribution is 0.225. The molecule has 0 aromatic heterocycles. The van der Waals surface area contributed by atoms with E-state index in [1.54, 1.807) is 13.2 Å². The molecule has 1 aromatic carbocycles. The number of benzene rings is 1. The number of methoxy groups -OCH3 is 1. The fourth-order valence-electron chi connectivity index (χ4n) is 1.70. The summed E-state index contributed by atoms with van der Waals surface area (Å²) in [5.74, 6) is 0.940. The Hall–Kier alpha value is -1.13. The van der Waals surface area contributed by atoms with Gasteiger partial charge < -0.3 is 9.84 Å². The van der Waals surface area contributed by atoms with E-state index in [-0.39, 0.29) is 5.75 Å². The minimum atomic E-state index is -1.19. The van der Waals surface area contributed by atoms with Crippen LogP contribution in [0.1, 0.15) is 25.3 Å². The maximum atomic E-state index is 12.1. The Labute approximate surface area is 117 Å². The van der Waals surface area contributed by atoms with Crippen molar-refractivity contribution in [1.82, 2.24) is 0 Å².